The van der Waals surface area contributed by atoms with Gasteiger partial charge in [-0.05, 0) is 43.2 Å². The first-order valence-corrected chi connectivity index (χ1v) is 9.11. The van der Waals surface area contributed by atoms with Gasteiger partial charge in [-0.3, -0.25) is 4.79 Å². The molecule has 0 fully saturated rings. The maximum atomic E-state index is 12.7. The minimum Gasteiger partial charge on any atom is -0.497 e. The van der Waals surface area contributed by atoms with Crippen molar-refractivity contribution in [2.24, 2.45) is 0 Å². The van der Waals surface area contributed by atoms with Crippen molar-refractivity contribution in [2.45, 2.75) is 32.4 Å². The zero-order valence-corrected chi connectivity index (χ0v) is 15.9. The maximum absolute atomic E-state index is 12.7. The molecule has 0 aliphatic carbocycles. The molecule has 1 aliphatic heterocycles. The van der Waals surface area contributed by atoms with E-state index in [1.807, 2.05) is 50.2 Å². The summed E-state index contributed by atoms with van der Waals surface area (Å²) in [6, 6.07) is 12.8. The third-order valence-corrected chi connectivity index (χ3v) is 4.41. The second kappa shape index (κ2) is 8.66. The minimum atomic E-state index is -0.586. The van der Waals surface area contributed by atoms with E-state index in [9.17, 15) is 4.79 Å². The van der Waals surface area contributed by atoms with Gasteiger partial charge in [-0.25, -0.2) is 0 Å². The van der Waals surface area contributed by atoms with Gasteiger partial charge in [0.05, 0.1) is 13.2 Å². The zero-order chi connectivity index (χ0) is 19.2. The van der Waals surface area contributed by atoms with E-state index in [0.717, 1.165) is 11.3 Å². The fraction of sp³-hybridized carbons (Fsp3) is 0.381. The third-order valence-electron chi connectivity index (χ3n) is 4.41. The van der Waals surface area contributed by atoms with Crippen molar-refractivity contribution in [3.8, 4) is 23.0 Å². The van der Waals surface area contributed by atoms with E-state index >= 15 is 0 Å². The zero-order valence-electron chi connectivity index (χ0n) is 15.9. The average Bonchev–Trinajstić information content (AvgIpc) is 2.71. The fourth-order valence-electron chi connectivity index (χ4n) is 2.88. The summed E-state index contributed by atoms with van der Waals surface area (Å²) in [6.45, 7) is 4.93. The number of fused-ring (bicyclic) bond motifs is 1. The molecule has 1 N–H and O–H groups in total. The van der Waals surface area contributed by atoms with Crippen LogP contribution in [0.25, 0.3) is 0 Å². The lowest BCUT2D eigenvalue weighted by Crippen LogP contribution is -2.39. The molecule has 1 amide bonds. The molecule has 0 saturated heterocycles. The molecule has 27 heavy (non-hydrogen) atoms. The second-order valence-corrected chi connectivity index (χ2v) is 6.33. The molecule has 144 valence electrons. The number of rotatable bonds is 7. The number of carbonyl (C=O) groups excluding carboxylic acids is 1. The van der Waals surface area contributed by atoms with E-state index < -0.39 is 6.10 Å². The maximum Gasteiger partial charge on any atom is 0.261 e. The van der Waals surface area contributed by atoms with Gasteiger partial charge >= 0.3 is 0 Å². The van der Waals surface area contributed by atoms with Gasteiger partial charge in [0.1, 0.15) is 24.7 Å². The Morgan fingerprint density at radius 2 is 1.85 bits per heavy atom. The van der Waals surface area contributed by atoms with Crippen LogP contribution in [0, 0.1) is 0 Å². The van der Waals surface area contributed by atoms with Crippen LogP contribution in [0.2, 0.25) is 0 Å². The average molecular weight is 371 g/mol. The predicted molar refractivity (Wildman–Crippen MR) is 102 cm³/mol. The van der Waals surface area contributed by atoms with E-state index in [0.29, 0.717) is 36.9 Å². The van der Waals surface area contributed by atoms with Crippen LogP contribution >= 0.6 is 0 Å². The standard InChI is InChI=1S/C21H25NO5/c1-4-18(27-17-7-5-6-16(13-17)24-3)21(23)22-14(2)15-8-9-19-20(12-15)26-11-10-25-19/h5-9,12-14,18H,4,10-11H2,1-3H3,(H,22,23)/t14-,18-/m1/s1. The van der Waals surface area contributed by atoms with E-state index in [2.05, 4.69) is 5.32 Å². The predicted octanol–water partition coefficient (Wildman–Crippen LogP) is 3.50. The first kappa shape index (κ1) is 18.9. The van der Waals surface area contributed by atoms with Crippen molar-refractivity contribution < 1.29 is 23.7 Å². The van der Waals surface area contributed by atoms with E-state index in [1.165, 1.54) is 0 Å². The Morgan fingerprint density at radius 1 is 1.11 bits per heavy atom. The minimum absolute atomic E-state index is 0.164. The lowest BCUT2D eigenvalue weighted by atomic mass is 10.1. The highest BCUT2D eigenvalue weighted by molar-refractivity contribution is 5.81. The van der Waals surface area contributed by atoms with Crippen LogP contribution in [0.15, 0.2) is 42.5 Å². The summed E-state index contributed by atoms with van der Waals surface area (Å²) in [4.78, 5) is 12.7. The molecule has 0 aromatic heterocycles. The molecule has 1 aliphatic rings. The molecular weight excluding hydrogens is 346 g/mol. The van der Waals surface area contributed by atoms with Crippen LogP contribution in [0.3, 0.4) is 0 Å². The Morgan fingerprint density at radius 3 is 2.59 bits per heavy atom. The molecule has 0 radical (unpaired) electrons. The van der Waals surface area contributed by atoms with Crippen LogP contribution in [0.5, 0.6) is 23.0 Å². The van der Waals surface area contributed by atoms with Crippen molar-refractivity contribution in [3.05, 3.63) is 48.0 Å². The van der Waals surface area contributed by atoms with Crippen molar-refractivity contribution in [3.63, 3.8) is 0 Å². The monoisotopic (exact) mass is 371 g/mol. The largest absolute Gasteiger partial charge is 0.497 e. The Hall–Kier alpha value is -2.89. The molecule has 0 saturated carbocycles. The number of hydrogen-bond donors (Lipinski definition) is 1. The quantitative estimate of drug-likeness (QED) is 0.807. The van der Waals surface area contributed by atoms with Gasteiger partial charge in [-0.15, -0.1) is 0 Å². The van der Waals surface area contributed by atoms with Gasteiger partial charge in [0.2, 0.25) is 0 Å². The first-order chi connectivity index (χ1) is 13.1. The third kappa shape index (κ3) is 4.64. The van der Waals surface area contributed by atoms with Crippen LogP contribution < -0.4 is 24.3 Å². The van der Waals surface area contributed by atoms with Crippen molar-refractivity contribution in [1.82, 2.24) is 5.32 Å². The molecule has 6 heteroatoms. The number of benzene rings is 2. The molecule has 1 heterocycles. The highest BCUT2D eigenvalue weighted by Gasteiger charge is 2.22. The van der Waals surface area contributed by atoms with E-state index in [4.69, 9.17) is 18.9 Å². The highest BCUT2D eigenvalue weighted by Crippen LogP contribution is 2.32. The van der Waals surface area contributed by atoms with Gasteiger partial charge in [0.15, 0.2) is 17.6 Å². The molecule has 2 aromatic carbocycles. The van der Waals surface area contributed by atoms with Gasteiger partial charge in [0, 0.05) is 6.07 Å². The smallest absolute Gasteiger partial charge is 0.261 e. The number of carbonyl (C=O) groups is 1. The van der Waals surface area contributed by atoms with Crippen LogP contribution in [0.4, 0.5) is 0 Å². The summed E-state index contributed by atoms with van der Waals surface area (Å²) in [5.41, 5.74) is 0.948. The number of hydrogen-bond acceptors (Lipinski definition) is 5. The van der Waals surface area contributed by atoms with Crippen molar-refractivity contribution >= 4 is 5.91 Å². The highest BCUT2D eigenvalue weighted by atomic mass is 16.6. The number of nitrogens with one attached hydrogen (secondary N) is 1. The topological polar surface area (TPSA) is 66.0 Å². The van der Waals surface area contributed by atoms with Crippen LogP contribution in [-0.4, -0.2) is 32.3 Å². The normalized spacial score (nSPS) is 14.8. The first-order valence-electron chi connectivity index (χ1n) is 9.11. The number of methoxy groups -OCH3 is 1. The Balaban J connectivity index is 1.65. The molecule has 3 rings (SSSR count). The van der Waals surface area contributed by atoms with E-state index in [-0.39, 0.29) is 11.9 Å². The van der Waals surface area contributed by atoms with Crippen LogP contribution in [-0.2, 0) is 4.79 Å². The lowest BCUT2D eigenvalue weighted by Gasteiger charge is -2.23. The summed E-state index contributed by atoms with van der Waals surface area (Å²) in [5.74, 6) is 2.56. The van der Waals surface area contributed by atoms with Crippen molar-refractivity contribution in [2.75, 3.05) is 20.3 Å². The summed E-state index contributed by atoms with van der Waals surface area (Å²) in [7, 11) is 1.60. The fourth-order valence-corrected chi connectivity index (χ4v) is 2.88. The van der Waals surface area contributed by atoms with Crippen molar-refractivity contribution in [1.29, 1.82) is 0 Å². The molecule has 0 unspecified atom stereocenters. The molecule has 2 aromatic rings. The molecule has 6 nitrogen and oxygen atoms in total. The summed E-state index contributed by atoms with van der Waals surface area (Å²) in [6.07, 6.45) is -0.0338. The number of amides is 1. The second-order valence-electron chi connectivity index (χ2n) is 6.33. The molecule has 0 bridgehead atoms. The van der Waals surface area contributed by atoms with Gasteiger partial charge < -0.3 is 24.3 Å². The van der Waals surface area contributed by atoms with Crippen LogP contribution in [0.1, 0.15) is 31.9 Å². The summed E-state index contributed by atoms with van der Waals surface area (Å²) < 4.78 is 22.2. The summed E-state index contributed by atoms with van der Waals surface area (Å²) >= 11 is 0. The van der Waals surface area contributed by atoms with E-state index in [1.54, 1.807) is 13.2 Å². The molecule has 2 atom stereocenters. The Labute approximate surface area is 159 Å². The van der Waals surface area contributed by atoms with Gasteiger partial charge in [-0.2, -0.15) is 0 Å². The lowest BCUT2D eigenvalue weighted by molar-refractivity contribution is -0.128. The van der Waals surface area contributed by atoms with Gasteiger partial charge in [0.25, 0.3) is 5.91 Å². The van der Waals surface area contributed by atoms with Gasteiger partial charge in [-0.1, -0.05) is 19.1 Å². The Bertz CT molecular complexity index is 792. The SMILES string of the molecule is CC[C@@H](Oc1cccc(OC)c1)C(=O)N[C@H](C)c1ccc2c(c1)OCCO2. The Kier molecular flexibility index (Phi) is 6.06. The molecular formula is C21H25NO5. The molecule has 0 spiro atoms. The number of ether oxygens (including phenoxy) is 4. The summed E-state index contributed by atoms with van der Waals surface area (Å²) in [5, 5.41) is 3.01.